The first-order chi connectivity index (χ1) is 23.3. The Balaban J connectivity index is 0.00000433. The molecule has 0 saturated heterocycles. The van der Waals surface area contributed by atoms with Crippen molar-refractivity contribution in [2.75, 3.05) is 28.2 Å². The Morgan fingerprint density at radius 2 is 0.800 bits per heavy atom. The van der Waals surface area contributed by atoms with Crippen LogP contribution in [0.1, 0.15) is 101 Å². The van der Waals surface area contributed by atoms with Crippen LogP contribution in [0.2, 0.25) is 0 Å². The van der Waals surface area contributed by atoms with Gasteiger partial charge in [0, 0.05) is 73.5 Å². The average Bonchev–Trinajstić information content (AvgIpc) is 3.08. The molecule has 0 aliphatic carbocycles. The summed E-state index contributed by atoms with van der Waals surface area (Å²) in [5.41, 5.74) is 2.16. The second kappa shape index (κ2) is 23.3. The third-order valence-corrected chi connectivity index (χ3v) is 8.90. The summed E-state index contributed by atoms with van der Waals surface area (Å²) in [6.45, 7) is 0. The van der Waals surface area contributed by atoms with Crippen LogP contribution in [0.3, 0.4) is 0 Å². The van der Waals surface area contributed by atoms with Crippen molar-refractivity contribution in [3.05, 3.63) is 72.3 Å². The van der Waals surface area contributed by atoms with E-state index in [4.69, 9.17) is 9.47 Å². The van der Waals surface area contributed by atoms with Crippen molar-refractivity contribution in [1.82, 2.24) is 19.8 Å². The van der Waals surface area contributed by atoms with E-state index < -0.39 is 0 Å². The number of halogens is 2. The van der Waals surface area contributed by atoms with Crippen LogP contribution in [0.4, 0.5) is 9.59 Å². The van der Waals surface area contributed by atoms with Gasteiger partial charge in [0.2, 0.25) is 0 Å². The van der Waals surface area contributed by atoms with Gasteiger partial charge in [-0.25, -0.2) is 9.59 Å². The topological polar surface area (TPSA) is 84.9 Å². The molecule has 8 nitrogen and oxygen atoms in total. The summed E-state index contributed by atoms with van der Waals surface area (Å²) < 4.78 is 11.1. The predicted octanol–water partition coefficient (Wildman–Crippen LogP) is 11.3. The van der Waals surface area contributed by atoms with Crippen LogP contribution in [0.25, 0.3) is 21.5 Å². The smallest absolute Gasteiger partial charge is 0.410 e. The second-order valence-electron chi connectivity index (χ2n) is 13.2. The largest absolute Gasteiger partial charge is 0.414 e. The van der Waals surface area contributed by atoms with Crippen LogP contribution in [0, 0.1) is 0 Å². The van der Waals surface area contributed by atoms with Crippen molar-refractivity contribution in [3.63, 3.8) is 0 Å². The van der Waals surface area contributed by atoms with Crippen molar-refractivity contribution >= 4 is 67.7 Å². The number of carbonyl (C=O) groups excluding carboxylic acids is 2. The fourth-order valence-electron chi connectivity index (χ4n) is 6.13. The minimum atomic E-state index is -0.372. The van der Waals surface area contributed by atoms with Gasteiger partial charge < -0.3 is 19.3 Å². The molecule has 0 fully saturated rings. The molecule has 50 heavy (non-hydrogen) atoms. The lowest BCUT2D eigenvalue weighted by Gasteiger charge is -2.13. The van der Waals surface area contributed by atoms with Crippen LogP contribution in [0.15, 0.2) is 60.9 Å². The maximum Gasteiger partial charge on any atom is 0.414 e. The van der Waals surface area contributed by atoms with Crippen LogP contribution in [-0.4, -0.2) is 60.1 Å². The number of aromatic nitrogens is 2. The molecule has 2 heterocycles. The molecule has 274 valence electrons. The van der Waals surface area contributed by atoms with Gasteiger partial charge in [-0.15, -0.1) is 34.0 Å². The van der Waals surface area contributed by atoms with Gasteiger partial charge in [-0.05, 0) is 49.9 Å². The third kappa shape index (κ3) is 13.5. The van der Waals surface area contributed by atoms with Gasteiger partial charge >= 0.3 is 12.2 Å². The number of benzene rings is 2. The van der Waals surface area contributed by atoms with E-state index in [9.17, 15) is 9.59 Å². The average molecular weight is 817 g/mol. The molecule has 2 amide bonds. The van der Waals surface area contributed by atoms with E-state index in [1.54, 1.807) is 28.2 Å². The molecule has 0 spiro atoms. The van der Waals surface area contributed by atoms with Crippen molar-refractivity contribution in [2.45, 2.75) is 103 Å². The van der Waals surface area contributed by atoms with Gasteiger partial charge in [-0.1, -0.05) is 101 Å². The summed E-state index contributed by atoms with van der Waals surface area (Å²) in [5, 5.41) is 4.02. The molecule has 0 aliphatic rings. The Morgan fingerprint density at radius 3 is 1.12 bits per heavy atom. The quantitative estimate of drug-likeness (QED) is 0.0877. The van der Waals surface area contributed by atoms with Crippen molar-refractivity contribution in [1.29, 1.82) is 0 Å². The number of rotatable bonds is 19. The number of aryl methyl sites for hydroxylation is 2. The molecule has 0 saturated carbocycles. The molecular formula is C40H56Br2N4O4. The summed E-state index contributed by atoms with van der Waals surface area (Å²) in [5.74, 6) is 1.17. The fourth-order valence-corrected chi connectivity index (χ4v) is 6.13. The molecule has 10 heteroatoms. The summed E-state index contributed by atoms with van der Waals surface area (Å²) in [6, 6.07) is 15.5. The molecule has 0 radical (unpaired) electrons. The Morgan fingerprint density at radius 1 is 0.480 bits per heavy atom. The minimum Gasteiger partial charge on any atom is -0.410 e. The number of hydrogen-bond acceptors (Lipinski definition) is 6. The zero-order valence-electron chi connectivity index (χ0n) is 30.3. The molecule has 0 unspecified atom stereocenters. The minimum absolute atomic E-state index is 0. The fraction of sp³-hybridized carbons (Fsp3) is 0.500. The van der Waals surface area contributed by atoms with Gasteiger partial charge in [0.15, 0.2) is 0 Å². The zero-order valence-corrected chi connectivity index (χ0v) is 33.8. The summed E-state index contributed by atoms with van der Waals surface area (Å²) in [6.07, 6.45) is 22.7. The number of nitrogens with zero attached hydrogens (tertiary/aromatic N) is 4. The molecule has 0 aliphatic heterocycles. The Kier molecular flexibility index (Phi) is 20.0. The lowest BCUT2D eigenvalue weighted by atomic mass is 10.0. The highest BCUT2D eigenvalue weighted by molar-refractivity contribution is 8.93. The summed E-state index contributed by atoms with van der Waals surface area (Å²) in [4.78, 5) is 36.2. The molecule has 2 aromatic heterocycles. The zero-order chi connectivity index (χ0) is 34.1. The van der Waals surface area contributed by atoms with E-state index in [0.717, 1.165) is 58.6 Å². The Bertz CT molecular complexity index is 1500. The first kappa shape index (κ1) is 42.9. The molecule has 0 N–H and O–H groups in total. The van der Waals surface area contributed by atoms with Gasteiger partial charge in [-0.3, -0.25) is 9.97 Å². The van der Waals surface area contributed by atoms with E-state index in [1.807, 2.05) is 48.8 Å². The maximum absolute atomic E-state index is 12.1. The highest BCUT2D eigenvalue weighted by atomic mass is 79.9. The van der Waals surface area contributed by atoms with Crippen molar-refractivity contribution in [2.24, 2.45) is 0 Å². The lowest BCUT2D eigenvalue weighted by molar-refractivity contribution is 0.171. The molecule has 2 aromatic carbocycles. The predicted molar refractivity (Wildman–Crippen MR) is 216 cm³/mol. The number of fused-ring (bicyclic) bond motifs is 2. The van der Waals surface area contributed by atoms with Gasteiger partial charge in [0.25, 0.3) is 0 Å². The Labute approximate surface area is 319 Å². The van der Waals surface area contributed by atoms with Gasteiger partial charge in [0.1, 0.15) is 11.5 Å². The van der Waals surface area contributed by atoms with E-state index in [0.29, 0.717) is 11.5 Å². The first-order valence-corrected chi connectivity index (χ1v) is 17.9. The third-order valence-electron chi connectivity index (χ3n) is 8.90. The number of ether oxygens (including phenoxy) is 2. The summed E-state index contributed by atoms with van der Waals surface area (Å²) in [7, 11) is 6.74. The van der Waals surface area contributed by atoms with Crippen LogP contribution >= 0.6 is 34.0 Å². The number of unbranched alkanes of at least 4 members (excludes halogenated alkanes) is 13. The molecule has 0 bridgehead atoms. The monoisotopic (exact) mass is 814 g/mol. The van der Waals surface area contributed by atoms with E-state index in [-0.39, 0.29) is 46.1 Å². The van der Waals surface area contributed by atoms with Gasteiger partial charge in [-0.2, -0.15) is 0 Å². The second-order valence-corrected chi connectivity index (χ2v) is 13.2. The summed E-state index contributed by atoms with van der Waals surface area (Å²) >= 11 is 0. The van der Waals surface area contributed by atoms with E-state index >= 15 is 0 Å². The standard InChI is InChI=1S/C40H54N4O4.2BrH/c1-43(2)39(45)47-37-25-19-21-31-33(37)27-29-41-35(31)23-17-15-13-11-9-7-5-6-8-10-12-14-16-18-24-36-32-22-20-26-38(34(32)28-30-42-36)48-40(46)44(3)4;;/h19-22,25-30H,5-18,23-24H2,1-4H3;2*1H. The van der Waals surface area contributed by atoms with Crippen LogP contribution in [0.5, 0.6) is 11.5 Å². The highest BCUT2D eigenvalue weighted by Crippen LogP contribution is 2.29. The SMILES string of the molecule is Br.Br.CN(C)C(=O)Oc1cccc2c(CCCCCCCCCCCCCCCCc3nccc4c(OC(=O)N(C)C)cccc34)nccc12. The van der Waals surface area contributed by atoms with Gasteiger partial charge in [0.05, 0.1) is 0 Å². The number of amides is 2. The highest BCUT2D eigenvalue weighted by Gasteiger charge is 2.13. The Hall–Kier alpha value is -3.24. The van der Waals surface area contributed by atoms with Crippen LogP contribution < -0.4 is 9.47 Å². The molecule has 0 atom stereocenters. The van der Waals surface area contributed by atoms with Crippen LogP contribution in [-0.2, 0) is 12.8 Å². The number of hydrogen-bond donors (Lipinski definition) is 0. The number of carbonyl (C=O) groups is 2. The molecule has 4 rings (SSSR count). The van der Waals surface area contributed by atoms with Crippen molar-refractivity contribution < 1.29 is 19.1 Å². The van der Waals surface area contributed by atoms with E-state index in [1.165, 1.54) is 86.8 Å². The van der Waals surface area contributed by atoms with E-state index in [2.05, 4.69) is 22.1 Å². The first-order valence-electron chi connectivity index (χ1n) is 17.9. The number of pyridine rings is 2. The van der Waals surface area contributed by atoms with Crippen molar-refractivity contribution in [3.8, 4) is 11.5 Å². The normalized spacial score (nSPS) is 10.7. The maximum atomic E-state index is 12.1. The molecular weight excluding hydrogens is 760 g/mol. The lowest BCUT2D eigenvalue weighted by Crippen LogP contribution is -2.25. The molecule has 4 aromatic rings.